The Morgan fingerprint density at radius 1 is 1.08 bits per heavy atom. The quantitative estimate of drug-likeness (QED) is 0.640. The van der Waals surface area contributed by atoms with Gasteiger partial charge in [-0.1, -0.05) is 23.8 Å². The van der Waals surface area contributed by atoms with E-state index in [-0.39, 0.29) is 6.54 Å². The highest BCUT2D eigenvalue weighted by Gasteiger charge is 2.20. The first-order valence-corrected chi connectivity index (χ1v) is 11.3. The van der Waals surface area contributed by atoms with Gasteiger partial charge in [-0.25, -0.2) is 13.1 Å². The Hall–Kier alpha value is -1.51. The second-order valence-electron chi connectivity index (χ2n) is 6.27. The van der Waals surface area contributed by atoms with Crippen LogP contribution in [0.4, 0.5) is 0 Å². The first-order chi connectivity index (χ1) is 12.3. The van der Waals surface area contributed by atoms with Gasteiger partial charge in [-0.15, -0.1) is 22.7 Å². The number of hydrogen-bond donors (Lipinski definition) is 2. The molecule has 2 aromatic heterocycles. The molecule has 7 heteroatoms. The van der Waals surface area contributed by atoms with Crippen molar-refractivity contribution in [3.8, 4) is 0 Å². The number of aryl methyl sites for hydroxylation is 3. The summed E-state index contributed by atoms with van der Waals surface area (Å²) in [5.41, 5.74) is 2.54. The molecule has 1 aromatic carbocycles. The summed E-state index contributed by atoms with van der Waals surface area (Å²) < 4.78 is 28.1. The lowest BCUT2D eigenvalue weighted by atomic mass is 10.1. The average Bonchev–Trinajstić information content (AvgIpc) is 3.23. The zero-order valence-corrected chi connectivity index (χ0v) is 17.3. The van der Waals surface area contributed by atoms with E-state index in [9.17, 15) is 13.5 Å². The van der Waals surface area contributed by atoms with Crippen molar-refractivity contribution in [2.45, 2.75) is 38.3 Å². The van der Waals surface area contributed by atoms with Crippen LogP contribution in [0.3, 0.4) is 0 Å². The van der Waals surface area contributed by atoms with Gasteiger partial charge in [0, 0.05) is 21.2 Å². The van der Waals surface area contributed by atoms with Crippen LogP contribution < -0.4 is 4.72 Å². The Balaban J connectivity index is 1.75. The lowest BCUT2D eigenvalue weighted by Crippen LogP contribution is -2.24. The molecule has 0 aliphatic carbocycles. The molecule has 138 valence electrons. The predicted molar refractivity (Wildman–Crippen MR) is 107 cm³/mol. The van der Waals surface area contributed by atoms with E-state index in [0.29, 0.717) is 4.90 Å². The number of nitrogens with one attached hydrogen (secondary N) is 1. The van der Waals surface area contributed by atoms with Crippen LogP contribution in [0.1, 0.15) is 37.4 Å². The zero-order chi connectivity index (χ0) is 18.9. The fourth-order valence-electron chi connectivity index (χ4n) is 3.05. The Kier molecular flexibility index (Phi) is 5.64. The van der Waals surface area contributed by atoms with Gasteiger partial charge in [0.25, 0.3) is 0 Å². The lowest BCUT2D eigenvalue weighted by molar-refractivity contribution is 0.228. The molecule has 2 N–H and O–H groups in total. The molecule has 0 bridgehead atoms. The minimum absolute atomic E-state index is 0.205. The maximum absolute atomic E-state index is 12.7. The Morgan fingerprint density at radius 2 is 1.77 bits per heavy atom. The summed E-state index contributed by atoms with van der Waals surface area (Å²) >= 11 is 2.92. The molecule has 26 heavy (non-hydrogen) atoms. The number of rotatable bonds is 6. The minimum Gasteiger partial charge on any atom is -0.382 e. The molecule has 0 saturated heterocycles. The summed E-state index contributed by atoms with van der Waals surface area (Å²) in [7, 11) is -3.59. The first-order valence-electron chi connectivity index (χ1n) is 8.15. The molecule has 0 saturated carbocycles. The molecular formula is C19H21NO3S3. The van der Waals surface area contributed by atoms with Crippen molar-refractivity contribution in [2.24, 2.45) is 0 Å². The fraction of sp³-hybridized carbons (Fsp3) is 0.263. The van der Waals surface area contributed by atoms with E-state index in [4.69, 9.17) is 0 Å². The van der Waals surface area contributed by atoms with Crippen molar-refractivity contribution in [3.05, 3.63) is 73.1 Å². The number of benzene rings is 1. The van der Waals surface area contributed by atoms with Crippen LogP contribution in [0.2, 0.25) is 0 Å². The number of aliphatic hydroxyl groups is 1. The van der Waals surface area contributed by atoms with Crippen LogP contribution in [-0.4, -0.2) is 13.5 Å². The molecule has 3 rings (SSSR count). The third kappa shape index (κ3) is 4.07. The standard InChI is InChI=1S/C19H21NO3S3/c1-12-9-13(2)19(14(3)10-12)26(22,23)20-11-15-6-7-17(25-15)18(21)16-5-4-8-24-16/h4-10,18,20-21H,11H2,1-3H3. The number of hydrogen-bond acceptors (Lipinski definition) is 5. The molecule has 0 amide bonds. The number of aliphatic hydroxyl groups excluding tert-OH is 1. The normalized spacial score (nSPS) is 13.1. The Labute approximate surface area is 162 Å². The van der Waals surface area contributed by atoms with Crippen LogP contribution in [-0.2, 0) is 16.6 Å². The molecule has 1 atom stereocenters. The van der Waals surface area contributed by atoms with Gasteiger partial charge in [0.2, 0.25) is 10.0 Å². The van der Waals surface area contributed by atoms with Crippen LogP contribution >= 0.6 is 22.7 Å². The van der Waals surface area contributed by atoms with Crippen molar-refractivity contribution in [1.82, 2.24) is 4.72 Å². The van der Waals surface area contributed by atoms with E-state index < -0.39 is 16.1 Å². The largest absolute Gasteiger partial charge is 0.382 e. The molecule has 0 aliphatic rings. The van der Waals surface area contributed by atoms with E-state index >= 15 is 0 Å². The van der Waals surface area contributed by atoms with E-state index in [1.54, 1.807) is 0 Å². The van der Waals surface area contributed by atoms with E-state index in [2.05, 4.69) is 4.72 Å². The van der Waals surface area contributed by atoms with Crippen molar-refractivity contribution < 1.29 is 13.5 Å². The number of thiophene rings is 2. The summed E-state index contributed by atoms with van der Waals surface area (Å²) in [5.74, 6) is 0. The maximum Gasteiger partial charge on any atom is 0.241 e. The van der Waals surface area contributed by atoms with Gasteiger partial charge in [-0.3, -0.25) is 0 Å². The van der Waals surface area contributed by atoms with Gasteiger partial charge in [-0.05, 0) is 55.5 Å². The molecule has 0 aliphatic heterocycles. The Morgan fingerprint density at radius 3 is 2.38 bits per heavy atom. The van der Waals surface area contributed by atoms with E-state index in [1.165, 1.54) is 22.7 Å². The van der Waals surface area contributed by atoms with Gasteiger partial charge in [0.15, 0.2) is 0 Å². The topological polar surface area (TPSA) is 66.4 Å². The number of sulfonamides is 1. The highest BCUT2D eigenvalue weighted by atomic mass is 32.2. The fourth-order valence-corrected chi connectivity index (χ4v) is 6.36. The molecule has 3 aromatic rings. The summed E-state index contributed by atoms with van der Waals surface area (Å²) in [5, 5.41) is 12.3. The van der Waals surface area contributed by atoms with Gasteiger partial charge < -0.3 is 5.11 Å². The molecule has 0 spiro atoms. The third-order valence-corrected chi connectivity index (χ3v) is 7.84. The maximum atomic E-state index is 12.7. The summed E-state index contributed by atoms with van der Waals surface area (Å²) in [6.45, 7) is 5.79. The minimum atomic E-state index is -3.59. The van der Waals surface area contributed by atoms with Crippen molar-refractivity contribution in [1.29, 1.82) is 0 Å². The smallest absolute Gasteiger partial charge is 0.241 e. The van der Waals surface area contributed by atoms with Crippen LogP contribution in [0.5, 0.6) is 0 Å². The molecular weight excluding hydrogens is 386 g/mol. The summed E-state index contributed by atoms with van der Waals surface area (Å²) in [6, 6.07) is 11.2. The van der Waals surface area contributed by atoms with Gasteiger partial charge in [0.05, 0.1) is 4.90 Å². The average molecular weight is 408 g/mol. The monoisotopic (exact) mass is 407 g/mol. The zero-order valence-electron chi connectivity index (χ0n) is 14.8. The highest BCUT2D eigenvalue weighted by Crippen LogP contribution is 2.31. The van der Waals surface area contributed by atoms with Crippen molar-refractivity contribution in [3.63, 3.8) is 0 Å². The first kappa shape index (κ1) is 19.3. The van der Waals surface area contributed by atoms with Gasteiger partial charge in [0.1, 0.15) is 6.10 Å². The van der Waals surface area contributed by atoms with Crippen molar-refractivity contribution in [2.75, 3.05) is 0 Å². The molecule has 4 nitrogen and oxygen atoms in total. The second-order valence-corrected chi connectivity index (χ2v) is 10.2. The summed E-state index contributed by atoms with van der Waals surface area (Å²) in [6.07, 6.45) is -0.660. The molecule has 0 radical (unpaired) electrons. The lowest BCUT2D eigenvalue weighted by Gasteiger charge is -2.12. The Bertz CT molecular complexity index is 982. The predicted octanol–water partition coefficient (Wildman–Crippen LogP) is 4.30. The third-order valence-electron chi connectivity index (χ3n) is 4.07. The van der Waals surface area contributed by atoms with Crippen LogP contribution in [0, 0.1) is 20.8 Å². The molecule has 0 fully saturated rings. The van der Waals surface area contributed by atoms with Crippen molar-refractivity contribution >= 4 is 32.7 Å². The second kappa shape index (κ2) is 7.62. The van der Waals surface area contributed by atoms with Crippen LogP contribution in [0.25, 0.3) is 0 Å². The summed E-state index contributed by atoms with van der Waals surface area (Å²) in [4.78, 5) is 2.90. The van der Waals surface area contributed by atoms with E-state index in [1.807, 2.05) is 62.5 Å². The van der Waals surface area contributed by atoms with E-state index in [0.717, 1.165) is 31.3 Å². The molecule has 2 heterocycles. The highest BCUT2D eigenvalue weighted by molar-refractivity contribution is 7.89. The SMILES string of the molecule is Cc1cc(C)c(S(=O)(=O)NCc2ccc(C(O)c3cccs3)s2)c(C)c1. The van der Waals surface area contributed by atoms with Crippen LogP contribution in [0.15, 0.2) is 46.7 Å². The van der Waals surface area contributed by atoms with Gasteiger partial charge in [-0.2, -0.15) is 0 Å². The molecule has 1 unspecified atom stereocenters. The van der Waals surface area contributed by atoms with Gasteiger partial charge >= 0.3 is 0 Å².